The minimum atomic E-state index is -0.971. The smallest absolute Gasteiger partial charge is 0.318 e. The van der Waals surface area contributed by atoms with E-state index < -0.39 is 23.5 Å². The molecule has 4 aromatic rings. The Morgan fingerprint density at radius 3 is 2.35 bits per heavy atom. The standard InChI is InChI=1S/C25H20BrFN4O3/c1-14-6-5-9-19(15(14)2)28-24(33)25(34)30-31-21-11-10-17(26)12-16(21)13-22(31)23(32)29-20-8-4-3-7-18(20)27/h3-13H,1-2H3,(H,28,33)(H,29,32)(H,30,34). The van der Waals surface area contributed by atoms with Crippen LogP contribution in [0.1, 0.15) is 21.6 Å². The van der Waals surface area contributed by atoms with Gasteiger partial charge < -0.3 is 10.6 Å². The van der Waals surface area contributed by atoms with Crippen LogP contribution in [0, 0.1) is 19.7 Å². The number of hydrogen-bond donors (Lipinski definition) is 3. The van der Waals surface area contributed by atoms with Crippen molar-refractivity contribution < 1.29 is 18.8 Å². The molecule has 0 unspecified atom stereocenters. The Labute approximate surface area is 203 Å². The summed E-state index contributed by atoms with van der Waals surface area (Å²) >= 11 is 3.38. The minimum absolute atomic E-state index is 0.00974. The van der Waals surface area contributed by atoms with E-state index in [9.17, 15) is 18.8 Å². The molecular weight excluding hydrogens is 503 g/mol. The summed E-state index contributed by atoms with van der Waals surface area (Å²) in [7, 11) is 0. The van der Waals surface area contributed by atoms with Gasteiger partial charge in [0, 0.05) is 15.5 Å². The maximum absolute atomic E-state index is 14.1. The van der Waals surface area contributed by atoms with Crippen molar-refractivity contribution in [2.24, 2.45) is 0 Å². The van der Waals surface area contributed by atoms with Gasteiger partial charge in [0.15, 0.2) is 0 Å². The van der Waals surface area contributed by atoms with Crippen LogP contribution in [0.15, 0.2) is 71.2 Å². The molecule has 9 heteroatoms. The average Bonchev–Trinajstić information content (AvgIpc) is 3.15. The van der Waals surface area contributed by atoms with Gasteiger partial charge >= 0.3 is 11.8 Å². The van der Waals surface area contributed by atoms with Crippen molar-refractivity contribution in [2.75, 3.05) is 16.1 Å². The maximum atomic E-state index is 14.1. The second kappa shape index (κ2) is 9.48. The van der Waals surface area contributed by atoms with E-state index >= 15 is 0 Å². The highest BCUT2D eigenvalue weighted by atomic mass is 79.9. The van der Waals surface area contributed by atoms with Crippen LogP contribution in [0.3, 0.4) is 0 Å². The summed E-state index contributed by atoms with van der Waals surface area (Å²) in [5, 5.41) is 5.72. The van der Waals surface area contributed by atoms with Crippen molar-refractivity contribution in [2.45, 2.75) is 13.8 Å². The van der Waals surface area contributed by atoms with Crippen LogP contribution < -0.4 is 16.1 Å². The summed E-state index contributed by atoms with van der Waals surface area (Å²) in [5.41, 5.74) is 5.29. The van der Waals surface area contributed by atoms with Crippen LogP contribution in [0.2, 0.25) is 0 Å². The summed E-state index contributed by atoms with van der Waals surface area (Å²) in [5.74, 6) is -3.12. The average molecular weight is 523 g/mol. The molecule has 3 amide bonds. The molecule has 0 aliphatic rings. The fraction of sp³-hybridized carbons (Fsp3) is 0.0800. The lowest BCUT2D eigenvalue weighted by Gasteiger charge is -2.14. The van der Waals surface area contributed by atoms with Crippen LogP contribution in [0.4, 0.5) is 15.8 Å². The molecule has 1 aromatic heterocycles. The zero-order valence-corrected chi connectivity index (χ0v) is 19.9. The lowest BCUT2D eigenvalue weighted by Crippen LogP contribution is -2.36. The number of para-hydroxylation sites is 1. The van der Waals surface area contributed by atoms with Crippen molar-refractivity contribution in [1.82, 2.24) is 4.68 Å². The van der Waals surface area contributed by atoms with E-state index in [0.717, 1.165) is 15.6 Å². The molecule has 0 saturated carbocycles. The molecule has 172 valence electrons. The van der Waals surface area contributed by atoms with Crippen LogP contribution in [-0.4, -0.2) is 22.4 Å². The monoisotopic (exact) mass is 522 g/mol. The number of anilines is 2. The van der Waals surface area contributed by atoms with Gasteiger partial charge in [0.05, 0.1) is 11.2 Å². The summed E-state index contributed by atoms with van der Waals surface area (Å²) in [6, 6.07) is 17.8. The zero-order chi connectivity index (χ0) is 24.4. The molecule has 34 heavy (non-hydrogen) atoms. The Bertz CT molecular complexity index is 1450. The molecule has 0 spiro atoms. The molecule has 0 aliphatic heterocycles. The third-order valence-electron chi connectivity index (χ3n) is 5.39. The summed E-state index contributed by atoms with van der Waals surface area (Å²) in [4.78, 5) is 38.4. The number of fused-ring (bicyclic) bond motifs is 1. The Hall–Kier alpha value is -3.98. The second-order valence-corrected chi connectivity index (χ2v) is 8.56. The predicted octanol–water partition coefficient (Wildman–Crippen LogP) is 5.12. The number of hydrogen-bond acceptors (Lipinski definition) is 3. The van der Waals surface area contributed by atoms with Crippen molar-refractivity contribution in [1.29, 1.82) is 0 Å². The first-order chi connectivity index (χ1) is 16.2. The summed E-state index contributed by atoms with van der Waals surface area (Å²) in [6.45, 7) is 3.74. The van der Waals surface area contributed by atoms with Crippen molar-refractivity contribution >= 4 is 55.9 Å². The van der Waals surface area contributed by atoms with Gasteiger partial charge in [-0.3, -0.25) is 19.8 Å². The summed E-state index contributed by atoms with van der Waals surface area (Å²) in [6.07, 6.45) is 0. The molecule has 0 fully saturated rings. The van der Waals surface area contributed by atoms with Gasteiger partial charge in [-0.1, -0.05) is 40.2 Å². The van der Waals surface area contributed by atoms with E-state index in [2.05, 4.69) is 32.0 Å². The third-order valence-corrected chi connectivity index (χ3v) is 5.88. The van der Waals surface area contributed by atoms with Crippen molar-refractivity contribution in [3.63, 3.8) is 0 Å². The number of aryl methyl sites for hydroxylation is 1. The Morgan fingerprint density at radius 2 is 1.59 bits per heavy atom. The third kappa shape index (κ3) is 4.69. The number of carbonyl (C=O) groups excluding carboxylic acids is 3. The van der Waals surface area contributed by atoms with E-state index in [-0.39, 0.29) is 11.4 Å². The predicted molar refractivity (Wildman–Crippen MR) is 133 cm³/mol. The number of amides is 3. The van der Waals surface area contributed by atoms with Gasteiger partial charge in [0.2, 0.25) is 0 Å². The Balaban J connectivity index is 1.65. The van der Waals surface area contributed by atoms with Crippen LogP contribution in [0.25, 0.3) is 10.9 Å². The van der Waals surface area contributed by atoms with E-state index in [1.807, 2.05) is 19.9 Å². The molecule has 3 aromatic carbocycles. The highest BCUT2D eigenvalue weighted by molar-refractivity contribution is 9.10. The Morgan fingerprint density at radius 1 is 0.853 bits per heavy atom. The van der Waals surface area contributed by atoms with Crippen molar-refractivity contribution in [3.05, 3.63) is 93.8 Å². The molecule has 0 radical (unpaired) electrons. The fourth-order valence-corrected chi connectivity index (χ4v) is 3.82. The van der Waals surface area contributed by atoms with Gasteiger partial charge in [0.1, 0.15) is 11.5 Å². The van der Waals surface area contributed by atoms with E-state index in [0.29, 0.717) is 16.6 Å². The van der Waals surface area contributed by atoms with Gasteiger partial charge in [-0.05, 0) is 67.4 Å². The molecule has 7 nitrogen and oxygen atoms in total. The molecule has 0 bridgehead atoms. The van der Waals surface area contributed by atoms with Gasteiger partial charge in [-0.25, -0.2) is 9.07 Å². The molecule has 0 atom stereocenters. The number of benzene rings is 3. The van der Waals surface area contributed by atoms with E-state index in [1.54, 1.807) is 42.5 Å². The maximum Gasteiger partial charge on any atom is 0.328 e. The first kappa shape index (κ1) is 23.2. The number of carbonyl (C=O) groups is 3. The van der Waals surface area contributed by atoms with Gasteiger partial charge in [0.25, 0.3) is 5.91 Å². The van der Waals surface area contributed by atoms with Crippen molar-refractivity contribution in [3.8, 4) is 0 Å². The van der Waals surface area contributed by atoms with Crippen LogP contribution in [-0.2, 0) is 9.59 Å². The lowest BCUT2D eigenvalue weighted by molar-refractivity contribution is -0.133. The normalized spacial score (nSPS) is 10.7. The molecule has 0 saturated heterocycles. The lowest BCUT2D eigenvalue weighted by atomic mass is 10.1. The van der Waals surface area contributed by atoms with Gasteiger partial charge in [-0.2, -0.15) is 0 Å². The molecule has 0 aliphatic carbocycles. The number of halogens is 2. The first-order valence-electron chi connectivity index (χ1n) is 10.3. The quantitative estimate of drug-likeness (QED) is 0.325. The minimum Gasteiger partial charge on any atom is -0.318 e. The number of aromatic nitrogens is 1. The zero-order valence-electron chi connectivity index (χ0n) is 18.3. The summed E-state index contributed by atoms with van der Waals surface area (Å²) < 4.78 is 16.0. The topological polar surface area (TPSA) is 92.2 Å². The largest absolute Gasteiger partial charge is 0.328 e. The highest BCUT2D eigenvalue weighted by Crippen LogP contribution is 2.24. The second-order valence-electron chi connectivity index (χ2n) is 7.64. The first-order valence-corrected chi connectivity index (χ1v) is 11.1. The SMILES string of the molecule is Cc1cccc(NC(=O)C(=O)Nn2c(C(=O)Nc3ccccc3F)cc3cc(Br)ccc32)c1C. The number of nitrogens with one attached hydrogen (secondary N) is 3. The van der Waals surface area contributed by atoms with Gasteiger partial charge in [-0.15, -0.1) is 0 Å². The molecular formula is C25H20BrFN4O3. The number of rotatable bonds is 4. The molecule has 1 heterocycles. The molecule has 3 N–H and O–H groups in total. The number of nitrogens with zero attached hydrogens (tertiary/aromatic N) is 1. The Kier molecular flexibility index (Phi) is 6.47. The van der Waals surface area contributed by atoms with Crippen LogP contribution >= 0.6 is 15.9 Å². The van der Waals surface area contributed by atoms with E-state index in [1.165, 1.54) is 22.9 Å². The molecule has 4 rings (SSSR count). The highest BCUT2D eigenvalue weighted by Gasteiger charge is 2.22. The van der Waals surface area contributed by atoms with E-state index in [4.69, 9.17) is 0 Å². The fourth-order valence-electron chi connectivity index (χ4n) is 3.44. The van der Waals surface area contributed by atoms with Crippen LogP contribution in [0.5, 0.6) is 0 Å².